The second-order valence-electron chi connectivity index (χ2n) is 5.60. The molecule has 1 aliphatic heterocycles. The molecule has 20 heavy (non-hydrogen) atoms. The monoisotopic (exact) mass is 276 g/mol. The van der Waals surface area contributed by atoms with Crippen molar-refractivity contribution in [2.45, 2.75) is 45.2 Å². The van der Waals surface area contributed by atoms with Crippen LogP contribution in [0.4, 0.5) is 5.69 Å². The third kappa shape index (κ3) is 3.73. The second-order valence-corrected chi connectivity index (χ2v) is 5.60. The first-order valence-electron chi connectivity index (χ1n) is 7.29. The van der Waals surface area contributed by atoms with E-state index in [1.54, 1.807) is 6.07 Å². The number of anilines is 1. The van der Waals surface area contributed by atoms with Crippen molar-refractivity contribution in [3.8, 4) is 0 Å². The van der Waals surface area contributed by atoms with Gasteiger partial charge in [-0.05, 0) is 57.4 Å². The largest absolute Gasteiger partial charge is 0.465 e. The molecule has 4 nitrogen and oxygen atoms in total. The fourth-order valence-electron chi connectivity index (χ4n) is 2.73. The van der Waals surface area contributed by atoms with Gasteiger partial charge in [-0.25, -0.2) is 4.79 Å². The van der Waals surface area contributed by atoms with Crippen LogP contribution in [0.3, 0.4) is 0 Å². The zero-order valence-electron chi connectivity index (χ0n) is 12.5. The number of carbonyl (C=O) groups is 1. The Balaban J connectivity index is 2.01. The maximum Gasteiger partial charge on any atom is 0.337 e. The lowest BCUT2D eigenvalue weighted by Gasteiger charge is -2.21. The molecule has 0 amide bonds. The summed E-state index contributed by atoms with van der Waals surface area (Å²) in [6.07, 6.45) is 3.63. The number of hydrogen-bond donors (Lipinski definition) is 2. The number of carbonyl (C=O) groups excluding carboxylic acids is 1. The summed E-state index contributed by atoms with van der Waals surface area (Å²) >= 11 is 0. The molecule has 4 heteroatoms. The molecular formula is C16H24N2O2. The number of esters is 1. The molecule has 0 saturated carbocycles. The molecule has 1 aromatic carbocycles. The van der Waals surface area contributed by atoms with Crippen LogP contribution in [0.5, 0.6) is 0 Å². The fourth-order valence-corrected chi connectivity index (χ4v) is 2.73. The molecule has 1 aromatic rings. The number of benzene rings is 1. The Morgan fingerprint density at radius 2 is 2.35 bits per heavy atom. The molecule has 2 N–H and O–H groups in total. The summed E-state index contributed by atoms with van der Waals surface area (Å²) in [6, 6.07) is 6.61. The zero-order chi connectivity index (χ0) is 14.5. The van der Waals surface area contributed by atoms with Gasteiger partial charge in [0, 0.05) is 17.8 Å². The molecule has 1 aliphatic rings. The van der Waals surface area contributed by atoms with E-state index in [1.165, 1.54) is 20.0 Å². The van der Waals surface area contributed by atoms with Gasteiger partial charge in [0.2, 0.25) is 0 Å². The van der Waals surface area contributed by atoms with Gasteiger partial charge in [-0.1, -0.05) is 6.07 Å². The molecule has 0 bridgehead atoms. The maximum atomic E-state index is 11.6. The predicted octanol–water partition coefficient (Wildman–Crippen LogP) is 2.72. The molecule has 1 fully saturated rings. The molecular weight excluding hydrogens is 252 g/mol. The van der Waals surface area contributed by atoms with E-state index in [0.29, 0.717) is 17.6 Å². The number of nitrogens with one attached hydrogen (secondary N) is 2. The third-order valence-electron chi connectivity index (χ3n) is 3.86. The lowest BCUT2D eigenvalue weighted by Crippen LogP contribution is -2.29. The van der Waals surface area contributed by atoms with Gasteiger partial charge in [0.05, 0.1) is 12.7 Å². The van der Waals surface area contributed by atoms with Gasteiger partial charge in [0.1, 0.15) is 0 Å². The predicted molar refractivity (Wildman–Crippen MR) is 81.2 cm³/mol. The average molecular weight is 276 g/mol. The van der Waals surface area contributed by atoms with Crippen LogP contribution in [-0.2, 0) is 4.74 Å². The van der Waals surface area contributed by atoms with Gasteiger partial charge in [-0.2, -0.15) is 0 Å². The van der Waals surface area contributed by atoms with E-state index in [2.05, 4.69) is 17.6 Å². The smallest absolute Gasteiger partial charge is 0.337 e. The molecule has 2 atom stereocenters. The van der Waals surface area contributed by atoms with E-state index in [4.69, 9.17) is 4.74 Å². The minimum Gasteiger partial charge on any atom is -0.465 e. The first-order chi connectivity index (χ1) is 9.60. The average Bonchev–Trinajstić information content (AvgIpc) is 2.93. The van der Waals surface area contributed by atoms with Crippen LogP contribution in [0.25, 0.3) is 0 Å². The van der Waals surface area contributed by atoms with Crippen molar-refractivity contribution in [1.82, 2.24) is 5.32 Å². The van der Waals surface area contributed by atoms with E-state index in [9.17, 15) is 4.79 Å². The highest BCUT2D eigenvalue weighted by molar-refractivity contribution is 5.90. The van der Waals surface area contributed by atoms with E-state index in [0.717, 1.165) is 24.2 Å². The van der Waals surface area contributed by atoms with Crippen LogP contribution in [-0.4, -0.2) is 31.7 Å². The summed E-state index contributed by atoms with van der Waals surface area (Å²) in [4.78, 5) is 11.6. The van der Waals surface area contributed by atoms with Gasteiger partial charge < -0.3 is 15.4 Å². The molecule has 0 spiro atoms. The van der Waals surface area contributed by atoms with Crippen molar-refractivity contribution in [2.75, 3.05) is 19.0 Å². The first kappa shape index (κ1) is 14.9. The van der Waals surface area contributed by atoms with Gasteiger partial charge in [-0.3, -0.25) is 0 Å². The van der Waals surface area contributed by atoms with E-state index < -0.39 is 0 Å². The molecule has 1 saturated heterocycles. The normalized spacial score (nSPS) is 19.6. The Hall–Kier alpha value is -1.55. The summed E-state index contributed by atoms with van der Waals surface area (Å²) in [5.41, 5.74) is 2.74. The van der Waals surface area contributed by atoms with E-state index >= 15 is 0 Å². The van der Waals surface area contributed by atoms with Crippen LogP contribution in [0.1, 0.15) is 42.1 Å². The van der Waals surface area contributed by atoms with Crippen LogP contribution in [0.2, 0.25) is 0 Å². The summed E-state index contributed by atoms with van der Waals surface area (Å²) < 4.78 is 4.77. The fraction of sp³-hybridized carbons (Fsp3) is 0.562. The lowest BCUT2D eigenvalue weighted by atomic mass is 10.0. The standard InChI is InChI=1S/C16H24N2O2/c1-11-6-7-13(16(19)20-3)10-15(11)18-12(2)9-14-5-4-8-17-14/h6-7,10,12,14,17-18H,4-5,8-9H2,1-3H3. The molecule has 2 rings (SSSR count). The Bertz CT molecular complexity index is 468. The lowest BCUT2D eigenvalue weighted by molar-refractivity contribution is 0.0601. The molecule has 0 aromatic heterocycles. The molecule has 110 valence electrons. The van der Waals surface area contributed by atoms with Gasteiger partial charge >= 0.3 is 5.97 Å². The highest BCUT2D eigenvalue weighted by atomic mass is 16.5. The molecule has 0 aliphatic carbocycles. The number of ether oxygens (including phenoxy) is 1. The highest BCUT2D eigenvalue weighted by Crippen LogP contribution is 2.20. The van der Waals surface area contributed by atoms with Crippen LogP contribution in [0.15, 0.2) is 18.2 Å². The van der Waals surface area contributed by atoms with Gasteiger partial charge in [0.15, 0.2) is 0 Å². The number of hydrogen-bond acceptors (Lipinski definition) is 4. The van der Waals surface area contributed by atoms with Crippen molar-refractivity contribution in [1.29, 1.82) is 0 Å². The minimum atomic E-state index is -0.293. The van der Waals surface area contributed by atoms with E-state index in [-0.39, 0.29) is 5.97 Å². The summed E-state index contributed by atoms with van der Waals surface area (Å²) in [6.45, 7) is 5.36. The first-order valence-corrected chi connectivity index (χ1v) is 7.29. The molecule has 1 heterocycles. The van der Waals surface area contributed by atoms with Crippen LogP contribution in [0, 0.1) is 6.92 Å². The van der Waals surface area contributed by atoms with Crippen LogP contribution >= 0.6 is 0 Å². The molecule has 0 radical (unpaired) electrons. The Morgan fingerprint density at radius 1 is 1.55 bits per heavy atom. The van der Waals surface area contributed by atoms with Crippen LogP contribution < -0.4 is 10.6 Å². The second kappa shape index (κ2) is 6.75. The van der Waals surface area contributed by atoms with E-state index in [1.807, 2.05) is 19.1 Å². The molecule has 2 unspecified atom stereocenters. The Labute approximate surface area is 120 Å². The Morgan fingerprint density at radius 3 is 3.00 bits per heavy atom. The summed E-state index contributed by atoms with van der Waals surface area (Å²) in [5.74, 6) is -0.293. The topological polar surface area (TPSA) is 50.4 Å². The zero-order valence-corrected chi connectivity index (χ0v) is 12.5. The van der Waals surface area contributed by atoms with Crippen molar-refractivity contribution in [3.05, 3.63) is 29.3 Å². The summed E-state index contributed by atoms with van der Waals surface area (Å²) in [7, 11) is 1.41. The maximum absolute atomic E-state index is 11.6. The van der Waals surface area contributed by atoms with Crippen molar-refractivity contribution < 1.29 is 9.53 Å². The van der Waals surface area contributed by atoms with Crippen molar-refractivity contribution in [2.24, 2.45) is 0 Å². The van der Waals surface area contributed by atoms with Crippen molar-refractivity contribution in [3.63, 3.8) is 0 Å². The number of aryl methyl sites for hydroxylation is 1. The SMILES string of the molecule is COC(=O)c1ccc(C)c(NC(C)CC2CCCN2)c1. The minimum absolute atomic E-state index is 0.293. The Kier molecular flexibility index (Phi) is 5.01. The third-order valence-corrected chi connectivity index (χ3v) is 3.86. The number of methoxy groups -OCH3 is 1. The highest BCUT2D eigenvalue weighted by Gasteiger charge is 2.17. The number of rotatable bonds is 5. The quantitative estimate of drug-likeness (QED) is 0.812. The summed E-state index contributed by atoms with van der Waals surface area (Å²) in [5, 5.41) is 7.02. The van der Waals surface area contributed by atoms with Crippen molar-refractivity contribution >= 4 is 11.7 Å². The van der Waals surface area contributed by atoms with Gasteiger partial charge in [0.25, 0.3) is 0 Å². The van der Waals surface area contributed by atoms with Gasteiger partial charge in [-0.15, -0.1) is 0 Å².